The van der Waals surface area contributed by atoms with E-state index in [-0.39, 0.29) is 5.54 Å². The van der Waals surface area contributed by atoms with Crippen molar-refractivity contribution < 1.29 is 4.79 Å². The molecular weight excluding hydrogens is 224 g/mol. The Labute approximate surface area is 107 Å². The van der Waals surface area contributed by atoms with Gasteiger partial charge in [0, 0.05) is 5.54 Å². The van der Waals surface area contributed by atoms with Gasteiger partial charge in [0.15, 0.2) is 0 Å². The van der Waals surface area contributed by atoms with Crippen molar-refractivity contribution in [2.75, 3.05) is 5.01 Å². The number of rotatable bonds is 3. The van der Waals surface area contributed by atoms with Crippen molar-refractivity contribution in [2.24, 2.45) is 0 Å². The second kappa shape index (κ2) is 4.78. The number of anilines is 1. The lowest BCUT2D eigenvalue weighted by molar-refractivity contribution is 0.426. The molecule has 3 heteroatoms. The summed E-state index contributed by atoms with van der Waals surface area (Å²) in [6.45, 7) is 6.00. The standard InChI is InChI=1S/C15H17N2O/c1-15(2,3)16-17(11-18)14-9-8-12-6-4-5-7-13(12)10-14/h4-10,16H,1-3H3. The van der Waals surface area contributed by atoms with Gasteiger partial charge in [0.2, 0.25) is 0 Å². The van der Waals surface area contributed by atoms with Crippen LogP contribution in [0, 0.1) is 0 Å². The Morgan fingerprint density at radius 2 is 1.72 bits per heavy atom. The lowest BCUT2D eigenvalue weighted by Crippen LogP contribution is -2.48. The van der Waals surface area contributed by atoms with Crippen molar-refractivity contribution in [1.29, 1.82) is 0 Å². The third kappa shape index (κ3) is 2.87. The first-order valence-corrected chi connectivity index (χ1v) is 5.94. The third-order valence-corrected chi connectivity index (χ3v) is 2.53. The molecule has 0 heterocycles. The zero-order valence-corrected chi connectivity index (χ0v) is 10.9. The van der Waals surface area contributed by atoms with Crippen LogP contribution in [0.15, 0.2) is 42.5 Å². The van der Waals surface area contributed by atoms with Crippen LogP contribution in [0.25, 0.3) is 10.8 Å². The number of hydrogen-bond donors (Lipinski definition) is 1. The highest BCUT2D eigenvalue weighted by atomic mass is 16.1. The van der Waals surface area contributed by atoms with Gasteiger partial charge in [-0.1, -0.05) is 30.3 Å². The Bertz CT molecular complexity index is 558. The van der Waals surface area contributed by atoms with Gasteiger partial charge in [-0.2, -0.15) is 0 Å². The predicted octanol–water partition coefficient (Wildman–Crippen LogP) is 3.02. The number of carbonyl (C=O) groups excluding carboxylic acids is 1. The Kier molecular flexibility index (Phi) is 3.34. The fourth-order valence-corrected chi connectivity index (χ4v) is 1.79. The third-order valence-electron chi connectivity index (χ3n) is 2.53. The molecule has 1 N–H and O–H groups in total. The number of hydrogen-bond acceptors (Lipinski definition) is 2. The van der Waals surface area contributed by atoms with E-state index in [4.69, 9.17) is 0 Å². The summed E-state index contributed by atoms with van der Waals surface area (Å²) >= 11 is 0. The fraction of sp³-hybridized carbons (Fsp3) is 0.267. The van der Waals surface area contributed by atoms with Gasteiger partial charge >= 0.3 is 6.41 Å². The Morgan fingerprint density at radius 1 is 1.06 bits per heavy atom. The molecule has 0 saturated carbocycles. The molecular formula is C15H17N2O. The molecule has 2 aromatic carbocycles. The summed E-state index contributed by atoms with van der Waals surface area (Å²) in [7, 11) is 0. The average Bonchev–Trinajstić information content (AvgIpc) is 2.34. The molecule has 0 atom stereocenters. The van der Waals surface area contributed by atoms with Gasteiger partial charge in [-0.15, -0.1) is 0 Å². The molecule has 0 aliphatic rings. The molecule has 0 aromatic heterocycles. The molecule has 0 unspecified atom stereocenters. The van der Waals surface area contributed by atoms with E-state index in [1.807, 2.05) is 69.6 Å². The number of nitrogens with one attached hydrogen (secondary N) is 1. The summed E-state index contributed by atoms with van der Waals surface area (Å²) in [5.74, 6) is 0. The van der Waals surface area contributed by atoms with Crippen molar-refractivity contribution in [2.45, 2.75) is 26.3 Å². The average molecular weight is 241 g/mol. The summed E-state index contributed by atoms with van der Waals surface area (Å²) in [5, 5.41) is 3.65. The van der Waals surface area contributed by atoms with E-state index in [1.165, 1.54) is 5.01 Å². The zero-order valence-electron chi connectivity index (χ0n) is 10.9. The highest BCUT2D eigenvalue weighted by Gasteiger charge is 2.15. The summed E-state index contributed by atoms with van der Waals surface area (Å²) in [5.41, 5.74) is 3.70. The van der Waals surface area contributed by atoms with E-state index in [1.54, 1.807) is 0 Å². The molecule has 0 saturated heterocycles. The van der Waals surface area contributed by atoms with E-state index < -0.39 is 0 Å². The van der Waals surface area contributed by atoms with E-state index in [9.17, 15) is 4.79 Å². The Morgan fingerprint density at radius 3 is 2.33 bits per heavy atom. The molecule has 0 fully saturated rings. The van der Waals surface area contributed by atoms with Gasteiger partial charge < -0.3 is 0 Å². The van der Waals surface area contributed by atoms with Crippen molar-refractivity contribution in [3.8, 4) is 0 Å². The maximum atomic E-state index is 11.1. The van der Waals surface area contributed by atoms with Crippen LogP contribution in [0.3, 0.4) is 0 Å². The maximum absolute atomic E-state index is 11.1. The highest BCUT2D eigenvalue weighted by Crippen LogP contribution is 2.21. The first-order valence-electron chi connectivity index (χ1n) is 5.94. The molecule has 2 aromatic rings. The van der Waals surface area contributed by atoms with E-state index in [0.29, 0.717) is 0 Å². The smallest absolute Gasteiger partial charge is 0.261 e. The predicted molar refractivity (Wildman–Crippen MR) is 75.0 cm³/mol. The fourth-order valence-electron chi connectivity index (χ4n) is 1.79. The first kappa shape index (κ1) is 12.6. The summed E-state index contributed by atoms with van der Waals surface area (Å²) < 4.78 is 0. The quantitative estimate of drug-likeness (QED) is 0.661. The van der Waals surface area contributed by atoms with E-state index >= 15 is 0 Å². The van der Waals surface area contributed by atoms with E-state index in [2.05, 4.69) is 5.43 Å². The first-order chi connectivity index (χ1) is 8.49. The Balaban J connectivity index is 2.36. The second-order valence-electron chi connectivity index (χ2n) is 5.32. The van der Waals surface area contributed by atoms with Crippen LogP contribution < -0.4 is 10.4 Å². The second-order valence-corrected chi connectivity index (χ2v) is 5.32. The number of benzene rings is 2. The molecule has 0 aliphatic carbocycles. The number of fused-ring (bicyclic) bond motifs is 1. The van der Waals surface area contributed by atoms with Crippen molar-refractivity contribution in [3.63, 3.8) is 0 Å². The van der Waals surface area contributed by atoms with Crippen LogP contribution in [0.1, 0.15) is 20.8 Å². The molecule has 1 amide bonds. The molecule has 3 nitrogen and oxygen atoms in total. The SMILES string of the molecule is CC(C)(C)NN([C]=O)c1ccc2ccccc2c1. The van der Waals surface area contributed by atoms with Crippen LogP contribution >= 0.6 is 0 Å². The lowest BCUT2D eigenvalue weighted by atomic mass is 10.1. The van der Waals surface area contributed by atoms with Crippen LogP contribution in [0.4, 0.5) is 5.69 Å². The number of nitrogens with zero attached hydrogens (tertiary/aromatic N) is 1. The molecule has 18 heavy (non-hydrogen) atoms. The highest BCUT2D eigenvalue weighted by molar-refractivity contribution is 5.88. The van der Waals surface area contributed by atoms with Crippen LogP contribution in [0.5, 0.6) is 0 Å². The minimum Gasteiger partial charge on any atom is -0.261 e. The van der Waals surface area contributed by atoms with Crippen LogP contribution in [-0.4, -0.2) is 11.9 Å². The Hall–Kier alpha value is -1.87. The lowest BCUT2D eigenvalue weighted by Gasteiger charge is -2.28. The largest absolute Gasteiger partial charge is 0.332 e. The molecule has 93 valence electrons. The monoisotopic (exact) mass is 241 g/mol. The number of hydrazine groups is 1. The van der Waals surface area contributed by atoms with Crippen LogP contribution in [0.2, 0.25) is 0 Å². The molecule has 0 aliphatic heterocycles. The normalized spacial score (nSPS) is 11.5. The van der Waals surface area contributed by atoms with Crippen molar-refractivity contribution in [3.05, 3.63) is 42.5 Å². The van der Waals surface area contributed by atoms with Crippen molar-refractivity contribution >= 4 is 22.9 Å². The minimum absolute atomic E-state index is 0.191. The van der Waals surface area contributed by atoms with E-state index in [0.717, 1.165) is 16.5 Å². The number of amides is 1. The van der Waals surface area contributed by atoms with Gasteiger partial charge in [-0.25, -0.2) is 10.4 Å². The molecule has 2 rings (SSSR count). The zero-order chi connectivity index (χ0) is 13.2. The van der Waals surface area contributed by atoms with Gasteiger partial charge in [-0.3, -0.25) is 4.79 Å². The van der Waals surface area contributed by atoms with Gasteiger partial charge in [0.05, 0.1) is 5.69 Å². The minimum atomic E-state index is -0.191. The maximum Gasteiger partial charge on any atom is 0.332 e. The summed E-state index contributed by atoms with van der Waals surface area (Å²) in [6, 6.07) is 13.9. The van der Waals surface area contributed by atoms with Crippen molar-refractivity contribution in [1.82, 2.24) is 5.43 Å². The summed E-state index contributed by atoms with van der Waals surface area (Å²) in [4.78, 5) is 11.1. The molecule has 1 radical (unpaired) electrons. The van der Waals surface area contributed by atoms with Gasteiger partial charge in [-0.05, 0) is 43.7 Å². The van der Waals surface area contributed by atoms with Crippen LogP contribution in [-0.2, 0) is 4.79 Å². The van der Waals surface area contributed by atoms with Gasteiger partial charge in [0.25, 0.3) is 0 Å². The molecule has 0 bridgehead atoms. The molecule has 0 spiro atoms. The topological polar surface area (TPSA) is 32.3 Å². The van der Waals surface area contributed by atoms with Gasteiger partial charge in [0.1, 0.15) is 0 Å². The summed E-state index contributed by atoms with van der Waals surface area (Å²) in [6.07, 6.45) is 1.91.